The summed E-state index contributed by atoms with van der Waals surface area (Å²) in [6.07, 6.45) is 4.79. The summed E-state index contributed by atoms with van der Waals surface area (Å²) in [5, 5.41) is 3.53. The van der Waals surface area contributed by atoms with Gasteiger partial charge in [0, 0.05) is 6.04 Å². The lowest BCUT2D eigenvalue weighted by atomic mass is 9.64. The molecule has 0 saturated heterocycles. The molecule has 2 rings (SSSR count). The van der Waals surface area contributed by atoms with Crippen LogP contribution in [-0.2, 0) is 6.42 Å². The van der Waals surface area contributed by atoms with Crippen molar-refractivity contribution in [3.63, 3.8) is 0 Å². The van der Waals surface area contributed by atoms with Gasteiger partial charge in [-0.1, -0.05) is 33.3 Å². The van der Waals surface area contributed by atoms with E-state index in [0.717, 1.165) is 17.9 Å². The van der Waals surface area contributed by atoms with E-state index in [0.29, 0.717) is 12.0 Å². The Hall–Kier alpha value is -0.890. The van der Waals surface area contributed by atoms with Crippen LogP contribution in [0, 0.1) is 30.0 Å². The van der Waals surface area contributed by atoms with Gasteiger partial charge in [0.1, 0.15) is 5.82 Å². The monoisotopic (exact) mass is 291 g/mol. The molecule has 1 nitrogen and oxygen atoms in total. The highest BCUT2D eigenvalue weighted by molar-refractivity contribution is 5.27. The number of hydrogen-bond donors (Lipinski definition) is 1. The minimum atomic E-state index is -0.117. The van der Waals surface area contributed by atoms with E-state index in [1.807, 2.05) is 6.07 Å². The highest BCUT2D eigenvalue weighted by Crippen LogP contribution is 2.42. The molecule has 1 saturated carbocycles. The summed E-state index contributed by atoms with van der Waals surface area (Å²) in [5.41, 5.74) is 2.55. The molecule has 118 valence electrons. The molecule has 1 aromatic rings. The molecule has 0 heterocycles. The van der Waals surface area contributed by atoms with Crippen LogP contribution in [0.3, 0.4) is 0 Å². The van der Waals surface area contributed by atoms with E-state index in [2.05, 4.69) is 40.1 Å². The molecule has 0 amide bonds. The minimum absolute atomic E-state index is 0.117. The fraction of sp³-hybridized carbons (Fsp3) is 0.684. The van der Waals surface area contributed by atoms with Crippen molar-refractivity contribution >= 4 is 0 Å². The summed E-state index contributed by atoms with van der Waals surface area (Å²) >= 11 is 0. The molecule has 0 radical (unpaired) electrons. The van der Waals surface area contributed by atoms with Crippen molar-refractivity contribution in [2.24, 2.45) is 17.3 Å². The second-order valence-electron chi connectivity index (χ2n) is 7.66. The third kappa shape index (κ3) is 3.85. The maximum atomic E-state index is 13.5. The highest BCUT2D eigenvalue weighted by Gasteiger charge is 2.38. The largest absolute Gasteiger partial charge is 0.317 e. The van der Waals surface area contributed by atoms with Crippen LogP contribution < -0.4 is 5.32 Å². The Morgan fingerprint density at radius 3 is 2.67 bits per heavy atom. The van der Waals surface area contributed by atoms with E-state index in [9.17, 15) is 4.39 Å². The van der Waals surface area contributed by atoms with Gasteiger partial charge in [0.05, 0.1) is 0 Å². The molecule has 2 heteroatoms. The van der Waals surface area contributed by atoms with E-state index < -0.39 is 0 Å². The number of benzene rings is 1. The lowest BCUT2D eigenvalue weighted by molar-refractivity contribution is 0.0979. The van der Waals surface area contributed by atoms with Crippen molar-refractivity contribution in [2.45, 2.75) is 59.4 Å². The van der Waals surface area contributed by atoms with Gasteiger partial charge in [0.25, 0.3) is 0 Å². The van der Waals surface area contributed by atoms with Crippen molar-refractivity contribution < 1.29 is 4.39 Å². The third-order valence-corrected chi connectivity index (χ3v) is 5.44. The van der Waals surface area contributed by atoms with Crippen LogP contribution in [0.25, 0.3) is 0 Å². The highest BCUT2D eigenvalue weighted by atomic mass is 19.1. The molecule has 0 aliphatic heterocycles. The number of nitrogens with one attached hydrogen (secondary N) is 1. The normalized spacial score (nSPS) is 26.9. The Labute approximate surface area is 129 Å². The average molecular weight is 291 g/mol. The zero-order chi connectivity index (χ0) is 15.6. The molecular formula is C19H30FN. The SMILES string of the molecule is CNC1CC(C)CCC1C(C)(C)Cc1cc(F)ccc1C. The first-order chi connectivity index (χ1) is 9.83. The number of aryl methyl sites for hydroxylation is 1. The molecule has 1 aliphatic carbocycles. The Morgan fingerprint density at radius 2 is 2.00 bits per heavy atom. The van der Waals surface area contributed by atoms with Crippen molar-refractivity contribution in [3.8, 4) is 0 Å². The van der Waals surface area contributed by atoms with E-state index in [1.54, 1.807) is 12.1 Å². The lowest BCUT2D eigenvalue weighted by Crippen LogP contribution is -2.46. The van der Waals surface area contributed by atoms with E-state index in [1.165, 1.54) is 24.8 Å². The van der Waals surface area contributed by atoms with Gasteiger partial charge in [0.15, 0.2) is 0 Å². The second-order valence-corrected chi connectivity index (χ2v) is 7.66. The molecule has 0 aromatic heterocycles. The molecule has 0 bridgehead atoms. The first-order valence-electron chi connectivity index (χ1n) is 8.26. The Morgan fingerprint density at radius 1 is 1.29 bits per heavy atom. The quantitative estimate of drug-likeness (QED) is 0.846. The molecule has 1 aromatic carbocycles. The van der Waals surface area contributed by atoms with Crippen LogP contribution in [-0.4, -0.2) is 13.1 Å². The Balaban J connectivity index is 2.18. The summed E-state index contributed by atoms with van der Waals surface area (Å²) in [5.74, 6) is 1.35. The van der Waals surface area contributed by atoms with Crippen LogP contribution in [0.15, 0.2) is 18.2 Å². The molecule has 1 N–H and O–H groups in total. The zero-order valence-electron chi connectivity index (χ0n) is 14.2. The molecule has 3 atom stereocenters. The lowest BCUT2D eigenvalue weighted by Gasteiger charge is -2.44. The number of rotatable bonds is 4. The van der Waals surface area contributed by atoms with Crippen LogP contribution in [0.2, 0.25) is 0 Å². The summed E-state index contributed by atoms with van der Waals surface area (Å²) in [6, 6.07) is 5.76. The topological polar surface area (TPSA) is 12.0 Å². The fourth-order valence-corrected chi connectivity index (χ4v) is 4.09. The summed E-state index contributed by atoms with van der Waals surface area (Å²) in [4.78, 5) is 0. The smallest absolute Gasteiger partial charge is 0.123 e. The summed E-state index contributed by atoms with van der Waals surface area (Å²) < 4.78 is 13.5. The van der Waals surface area contributed by atoms with Crippen LogP contribution in [0.5, 0.6) is 0 Å². The van der Waals surface area contributed by atoms with Gasteiger partial charge in [-0.2, -0.15) is 0 Å². The Bertz CT molecular complexity index is 480. The predicted octanol–water partition coefficient (Wildman–Crippen LogP) is 4.73. The standard InChI is InChI=1S/C19H30FN/c1-13-6-9-17(18(10-13)21-5)19(3,4)12-15-11-16(20)8-7-14(15)2/h7-8,11,13,17-18,21H,6,9-10,12H2,1-5H3. The van der Waals surface area contributed by atoms with Gasteiger partial charge in [-0.25, -0.2) is 4.39 Å². The number of halogens is 1. The van der Waals surface area contributed by atoms with Crippen LogP contribution in [0.1, 0.15) is 51.2 Å². The predicted molar refractivity (Wildman–Crippen MR) is 88.0 cm³/mol. The van der Waals surface area contributed by atoms with Gasteiger partial charge in [-0.3, -0.25) is 0 Å². The summed E-state index contributed by atoms with van der Waals surface area (Å²) in [6.45, 7) is 9.14. The van der Waals surface area contributed by atoms with Gasteiger partial charge < -0.3 is 5.32 Å². The minimum Gasteiger partial charge on any atom is -0.317 e. The van der Waals surface area contributed by atoms with Gasteiger partial charge >= 0.3 is 0 Å². The van der Waals surface area contributed by atoms with E-state index in [4.69, 9.17) is 0 Å². The van der Waals surface area contributed by atoms with Gasteiger partial charge in [-0.15, -0.1) is 0 Å². The third-order valence-electron chi connectivity index (χ3n) is 5.44. The van der Waals surface area contributed by atoms with Crippen molar-refractivity contribution in [1.82, 2.24) is 5.32 Å². The van der Waals surface area contributed by atoms with Crippen molar-refractivity contribution in [3.05, 3.63) is 35.1 Å². The maximum absolute atomic E-state index is 13.5. The van der Waals surface area contributed by atoms with Crippen molar-refractivity contribution in [2.75, 3.05) is 7.05 Å². The first kappa shape index (κ1) is 16.5. The molecule has 1 fully saturated rings. The molecule has 1 aliphatic rings. The van der Waals surface area contributed by atoms with E-state index >= 15 is 0 Å². The van der Waals surface area contributed by atoms with Crippen LogP contribution in [0.4, 0.5) is 4.39 Å². The zero-order valence-corrected chi connectivity index (χ0v) is 14.2. The fourth-order valence-electron chi connectivity index (χ4n) is 4.09. The maximum Gasteiger partial charge on any atom is 0.123 e. The van der Waals surface area contributed by atoms with Gasteiger partial charge in [-0.05, 0) is 73.7 Å². The van der Waals surface area contributed by atoms with Crippen LogP contribution >= 0.6 is 0 Å². The average Bonchev–Trinajstić information content (AvgIpc) is 2.42. The summed E-state index contributed by atoms with van der Waals surface area (Å²) in [7, 11) is 2.08. The first-order valence-corrected chi connectivity index (χ1v) is 8.26. The van der Waals surface area contributed by atoms with Crippen molar-refractivity contribution in [1.29, 1.82) is 0 Å². The molecule has 3 unspecified atom stereocenters. The molecule has 0 spiro atoms. The number of hydrogen-bond acceptors (Lipinski definition) is 1. The Kier molecular flexibility index (Phi) is 5.08. The second kappa shape index (κ2) is 6.48. The van der Waals surface area contributed by atoms with Gasteiger partial charge in [0.2, 0.25) is 0 Å². The van der Waals surface area contributed by atoms with E-state index in [-0.39, 0.29) is 11.2 Å². The molecule has 21 heavy (non-hydrogen) atoms. The molecular weight excluding hydrogens is 261 g/mol.